The highest BCUT2D eigenvalue weighted by atomic mass is 35.5. The minimum atomic E-state index is -0.338. The number of carbonyl (C=O) groups excluding carboxylic acids is 1. The molecule has 6 nitrogen and oxygen atoms in total. The average molecular weight is 405 g/mol. The number of amides is 1. The Hall–Kier alpha value is -3.64. The number of para-hydroxylation sites is 2. The van der Waals surface area contributed by atoms with Crippen LogP contribution in [-0.2, 0) is 6.54 Å². The standard InChI is InChI=1S/C22H17ClN4O2/c23-19-14-24-12-10-18(19)22(28)25-21-11-13-27(26-21)15-16-6-4-5-9-20(16)29-17-7-2-1-3-8-17/h1-14H,15H2,(H,25,26,28). The monoisotopic (exact) mass is 404 g/mol. The van der Waals surface area contributed by atoms with Crippen molar-refractivity contribution in [2.24, 2.45) is 0 Å². The number of ether oxygens (including phenoxy) is 1. The first kappa shape index (κ1) is 18.7. The molecule has 0 saturated heterocycles. The molecule has 0 aliphatic carbocycles. The van der Waals surface area contributed by atoms with Gasteiger partial charge >= 0.3 is 0 Å². The Morgan fingerprint density at radius 2 is 1.83 bits per heavy atom. The highest BCUT2D eigenvalue weighted by Gasteiger charge is 2.12. The third-order valence-corrected chi connectivity index (χ3v) is 4.48. The van der Waals surface area contributed by atoms with E-state index in [1.54, 1.807) is 23.0 Å². The molecule has 0 unspecified atom stereocenters. The van der Waals surface area contributed by atoms with Crippen molar-refractivity contribution in [2.75, 3.05) is 5.32 Å². The largest absolute Gasteiger partial charge is 0.457 e. The van der Waals surface area contributed by atoms with E-state index in [1.807, 2.05) is 54.6 Å². The Morgan fingerprint density at radius 3 is 2.66 bits per heavy atom. The molecule has 0 bridgehead atoms. The van der Waals surface area contributed by atoms with Crippen LogP contribution in [0.2, 0.25) is 5.02 Å². The molecule has 0 fully saturated rings. The number of nitrogens with zero attached hydrogens (tertiary/aromatic N) is 3. The molecule has 0 saturated carbocycles. The fourth-order valence-electron chi connectivity index (χ4n) is 2.78. The highest BCUT2D eigenvalue weighted by Crippen LogP contribution is 2.25. The molecule has 4 rings (SSSR count). The molecule has 1 N–H and O–H groups in total. The van der Waals surface area contributed by atoms with E-state index in [9.17, 15) is 4.79 Å². The number of hydrogen-bond acceptors (Lipinski definition) is 4. The van der Waals surface area contributed by atoms with Gasteiger partial charge in [-0.15, -0.1) is 0 Å². The van der Waals surface area contributed by atoms with Gasteiger partial charge in [0.05, 0.1) is 17.1 Å². The fraction of sp³-hybridized carbons (Fsp3) is 0.0455. The average Bonchev–Trinajstić information content (AvgIpc) is 3.17. The van der Waals surface area contributed by atoms with Crippen LogP contribution in [0.15, 0.2) is 85.3 Å². The van der Waals surface area contributed by atoms with Crippen LogP contribution in [0.5, 0.6) is 11.5 Å². The van der Waals surface area contributed by atoms with E-state index < -0.39 is 0 Å². The fourth-order valence-corrected chi connectivity index (χ4v) is 2.99. The van der Waals surface area contributed by atoms with Crippen LogP contribution in [0.3, 0.4) is 0 Å². The van der Waals surface area contributed by atoms with Crippen molar-refractivity contribution in [2.45, 2.75) is 6.54 Å². The molecule has 2 heterocycles. The van der Waals surface area contributed by atoms with Crippen molar-refractivity contribution in [3.05, 3.63) is 101 Å². The zero-order valence-corrected chi connectivity index (χ0v) is 16.1. The smallest absolute Gasteiger partial charge is 0.258 e. The van der Waals surface area contributed by atoms with Gasteiger partial charge in [0.15, 0.2) is 5.82 Å². The van der Waals surface area contributed by atoms with Crippen molar-refractivity contribution in [1.82, 2.24) is 14.8 Å². The van der Waals surface area contributed by atoms with Crippen molar-refractivity contribution < 1.29 is 9.53 Å². The normalized spacial score (nSPS) is 10.5. The number of hydrogen-bond donors (Lipinski definition) is 1. The molecule has 1 amide bonds. The molecule has 4 aromatic rings. The molecule has 0 aliphatic heterocycles. The Balaban J connectivity index is 1.47. The molecule has 29 heavy (non-hydrogen) atoms. The lowest BCUT2D eigenvalue weighted by Gasteiger charge is -2.11. The van der Waals surface area contributed by atoms with Gasteiger partial charge in [0.1, 0.15) is 11.5 Å². The Labute approximate surface area is 172 Å². The number of anilines is 1. The van der Waals surface area contributed by atoms with Crippen LogP contribution in [0.1, 0.15) is 15.9 Å². The van der Waals surface area contributed by atoms with E-state index in [0.717, 1.165) is 17.1 Å². The number of benzene rings is 2. The lowest BCUT2D eigenvalue weighted by Crippen LogP contribution is -2.13. The summed E-state index contributed by atoms with van der Waals surface area (Å²) in [5, 5.41) is 7.45. The summed E-state index contributed by atoms with van der Waals surface area (Å²) in [6.45, 7) is 0.495. The molecular formula is C22H17ClN4O2. The minimum absolute atomic E-state index is 0.288. The molecule has 0 spiro atoms. The second-order valence-corrected chi connectivity index (χ2v) is 6.64. The first-order chi connectivity index (χ1) is 14.2. The Morgan fingerprint density at radius 1 is 1.03 bits per heavy atom. The van der Waals surface area contributed by atoms with E-state index in [4.69, 9.17) is 16.3 Å². The van der Waals surface area contributed by atoms with Crippen LogP contribution < -0.4 is 10.1 Å². The third kappa shape index (κ3) is 4.62. The summed E-state index contributed by atoms with van der Waals surface area (Å²) in [7, 11) is 0. The summed E-state index contributed by atoms with van der Waals surface area (Å²) in [6, 6.07) is 20.7. The molecule has 2 aromatic carbocycles. The lowest BCUT2D eigenvalue weighted by molar-refractivity contribution is 0.102. The summed E-state index contributed by atoms with van der Waals surface area (Å²) in [6.07, 6.45) is 4.74. The van der Waals surface area contributed by atoms with Gasteiger partial charge in [0, 0.05) is 30.2 Å². The maximum absolute atomic E-state index is 12.4. The molecule has 7 heteroatoms. The molecular weight excluding hydrogens is 388 g/mol. The van der Waals surface area contributed by atoms with E-state index in [0.29, 0.717) is 17.9 Å². The second kappa shape index (κ2) is 8.58. The summed E-state index contributed by atoms with van der Waals surface area (Å²) >= 11 is 6.02. The second-order valence-electron chi connectivity index (χ2n) is 6.23. The summed E-state index contributed by atoms with van der Waals surface area (Å²) in [4.78, 5) is 16.2. The van der Waals surface area contributed by atoms with Gasteiger partial charge < -0.3 is 10.1 Å². The van der Waals surface area contributed by atoms with Gasteiger partial charge in [-0.2, -0.15) is 5.10 Å². The van der Waals surface area contributed by atoms with E-state index in [-0.39, 0.29) is 10.9 Å². The number of carbonyl (C=O) groups is 1. The summed E-state index contributed by atoms with van der Waals surface area (Å²) in [5.74, 6) is 1.62. The molecule has 0 radical (unpaired) electrons. The van der Waals surface area contributed by atoms with Crippen LogP contribution in [0, 0.1) is 0 Å². The molecule has 0 aliphatic rings. The topological polar surface area (TPSA) is 69.0 Å². The third-order valence-electron chi connectivity index (χ3n) is 4.18. The van der Waals surface area contributed by atoms with Crippen molar-refractivity contribution in [1.29, 1.82) is 0 Å². The van der Waals surface area contributed by atoms with E-state index in [1.165, 1.54) is 12.4 Å². The molecule has 2 aromatic heterocycles. The summed E-state index contributed by atoms with van der Waals surface area (Å²) in [5.41, 5.74) is 1.31. The van der Waals surface area contributed by atoms with Gasteiger partial charge in [0.2, 0.25) is 0 Å². The van der Waals surface area contributed by atoms with Gasteiger partial charge in [-0.05, 0) is 24.3 Å². The minimum Gasteiger partial charge on any atom is -0.457 e. The number of aromatic nitrogens is 3. The quantitative estimate of drug-likeness (QED) is 0.489. The van der Waals surface area contributed by atoms with Crippen LogP contribution in [0.25, 0.3) is 0 Å². The van der Waals surface area contributed by atoms with E-state index in [2.05, 4.69) is 15.4 Å². The van der Waals surface area contributed by atoms with Crippen LogP contribution in [0.4, 0.5) is 5.82 Å². The highest BCUT2D eigenvalue weighted by molar-refractivity contribution is 6.34. The summed E-state index contributed by atoms with van der Waals surface area (Å²) < 4.78 is 7.73. The number of nitrogens with one attached hydrogen (secondary N) is 1. The van der Waals surface area contributed by atoms with Gasteiger partial charge in [-0.3, -0.25) is 14.5 Å². The number of pyridine rings is 1. The van der Waals surface area contributed by atoms with Crippen molar-refractivity contribution >= 4 is 23.3 Å². The van der Waals surface area contributed by atoms with Crippen molar-refractivity contribution in [3.8, 4) is 11.5 Å². The lowest BCUT2D eigenvalue weighted by atomic mass is 10.2. The van der Waals surface area contributed by atoms with Crippen LogP contribution >= 0.6 is 11.6 Å². The predicted octanol–water partition coefficient (Wildman–Crippen LogP) is 5.02. The predicted molar refractivity (Wildman–Crippen MR) is 111 cm³/mol. The van der Waals surface area contributed by atoms with Gasteiger partial charge in [0.25, 0.3) is 5.91 Å². The maximum Gasteiger partial charge on any atom is 0.258 e. The zero-order chi connectivity index (χ0) is 20.1. The number of halogens is 1. The SMILES string of the molecule is O=C(Nc1ccn(Cc2ccccc2Oc2ccccc2)n1)c1ccncc1Cl. The Bertz CT molecular complexity index is 1130. The Kier molecular flexibility index (Phi) is 5.54. The molecule has 144 valence electrons. The first-order valence-electron chi connectivity index (χ1n) is 8.94. The number of rotatable bonds is 6. The molecule has 0 atom stereocenters. The van der Waals surface area contributed by atoms with Gasteiger partial charge in [-0.25, -0.2) is 0 Å². The zero-order valence-electron chi connectivity index (χ0n) is 15.3. The maximum atomic E-state index is 12.4. The first-order valence-corrected chi connectivity index (χ1v) is 9.32. The van der Waals surface area contributed by atoms with Crippen molar-refractivity contribution in [3.63, 3.8) is 0 Å². The van der Waals surface area contributed by atoms with E-state index >= 15 is 0 Å². The van der Waals surface area contributed by atoms with Crippen LogP contribution in [-0.4, -0.2) is 20.7 Å². The van der Waals surface area contributed by atoms with Gasteiger partial charge in [-0.1, -0.05) is 48.0 Å².